The number of ether oxygens (including phenoxy) is 2. The first-order valence-electron chi connectivity index (χ1n) is 6.88. The Morgan fingerprint density at radius 3 is 2.67 bits per heavy atom. The van der Waals surface area contributed by atoms with Crippen LogP contribution in [0.15, 0.2) is 18.2 Å². The Hall–Kier alpha value is -1.46. The number of hydrogen-bond donors (Lipinski definition) is 1. The third-order valence-electron chi connectivity index (χ3n) is 3.61. The molecule has 1 saturated heterocycles. The second kappa shape index (κ2) is 8.10. The van der Waals surface area contributed by atoms with Crippen molar-refractivity contribution >= 4 is 18.3 Å². The number of piperidine rings is 1. The van der Waals surface area contributed by atoms with Gasteiger partial charge in [-0.2, -0.15) is 0 Å². The van der Waals surface area contributed by atoms with Gasteiger partial charge in [0.15, 0.2) is 11.5 Å². The molecule has 0 saturated carbocycles. The maximum Gasteiger partial charge on any atom is 0.227 e. The summed E-state index contributed by atoms with van der Waals surface area (Å²) in [5, 5.41) is 0. The smallest absolute Gasteiger partial charge is 0.227 e. The second-order valence-electron chi connectivity index (χ2n) is 5.11. The van der Waals surface area contributed by atoms with Crippen LogP contribution in [0.2, 0.25) is 0 Å². The van der Waals surface area contributed by atoms with Gasteiger partial charge in [0.2, 0.25) is 5.91 Å². The molecular formula is C15H23ClN2O3. The molecule has 1 aromatic carbocycles. The molecule has 0 aliphatic carbocycles. The third-order valence-corrected chi connectivity index (χ3v) is 3.61. The lowest BCUT2D eigenvalue weighted by Crippen LogP contribution is -2.46. The van der Waals surface area contributed by atoms with Crippen molar-refractivity contribution in [2.75, 3.05) is 27.3 Å². The molecule has 1 heterocycles. The lowest BCUT2D eigenvalue weighted by atomic mass is 10.0. The minimum absolute atomic E-state index is 0. The number of benzene rings is 1. The molecule has 0 bridgehead atoms. The molecule has 1 amide bonds. The predicted octanol–water partition coefficient (Wildman–Crippen LogP) is 1.62. The SMILES string of the molecule is COc1ccc(CC(=O)N2CCC[C@@H](N)C2)cc1OC.Cl. The van der Waals surface area contributed by atoms with E-state index in [0.717, 1.165) is 24.9 Å². The van der Waals surface area contributed by atoms with Gasteiger partial charge in [-0.3, -0.25) is 4.79 Å². The van der Waals surface area contributed by atoms with Crippen molar-refractivity contribution in [1.82, 2.24) is 4.90 Å². The van der Waals surface area contributed by atoms with Gasteiger partial charge in [-0.05, 0) is 30.5 Å². The van der Waals surface area contributed by atoms with E-state index in [1.165, 1.54) is 0 Å². The largest absolute Gasteiger partial charge is 0.493 e. The zero-order valence-corrected chi connectivity index (χ0v) is 13.3. The fourth-order valence-electron chi connectivity index (χ4n) is 2.51. The van der Waals surface area contributed by atoms with Crippen LogP contribution in [0.5, 0.6) is 11.5 Å². The molecule has 1 aliphatic rings. The van der Waals surface area contributed by atoms with Crippen molar-refractivity contribution in [3.8, 4) is 11.5 Å². The zero-order chi connectivity index (χ0) is 14.5. The Balaban J connectivity index is 0.00000220. The number of carbonyl (C=O) groups excluding carboxylic acids is 1. The molecule has 21 heavy (non-hydrogen) atoms. The number of halogens is 1. The summed E-state index contributed by atoms with van der Waals surface area (Å²) in [6.07, 6.45) is 2.35. The zero-order valence-electron chi connectivity index (χ0n) is 12.5. The van der Waals surface area contributed by atoms with Crippen molar-refractivity contribution in [3.63, 3.8) is 0 Å². The van der Waals surface area contributed by atoms with E-state index in [-0.39, 0.29) is 24.4 Å². The Kier molecular flexibility index (Phi) is 6.78. The van der Waals surface area contributed by atoms with Crippen LogP contribution in [0.3, 0.4) is 0 Å². The van der Waals surface area contributed by atoms with Crippen LogP contribution >= 0.6 is 12.4 Å². The van der Waals surface area contributed by atoms with Crippen molar-refractivity contribution in [2.45, 2.75) is 25.3 Å². The first kappa shape index (κ1) is 17.6. The Bertz CT molecular complexity index is 482. The van der Waals surface area contributed by atoms with Gasteiger partial charge >= 0.3 is 0 Å². The molecule has 1 fully saturated rings. The maximum absolute atomic E-state index is 12.3. The minimum Gasteiger partial charge on any atom is -0.493 e. The standard InChI is InChI=1S/C15H22N2O3.ClH/c1-19-13-6-5-11(8-14(13)20-2)9-15(18)17-7-3-4-12(16)10-17;/h5-6,8,12H,3-4,7,9-10,16H2,1-2H3;1H/t12-;/m1./s1. The fourth-order valence-corrected chi connectivity index (χ4v) is 2.51. The average Bonchev–Trinajstić information content (AvgIpc) is 2.47. The molecular weight excluding hydrogens is 292 g/mol. The molecule has 6 heteroatoms. The van der Waals surface area contributed by atoms with Crippen LogP contribution in [-0.4, -0.2) is 44.2 Å². The molecule has 0 radical (unpaired) electrons. The highest BCUT2D eigenvalue weighted by Gasteiger charge is 2.21. The highest BCUT2D eigenvalue weighted by molar-refractivity contribution is 5.85. The molecule has 0 unspecified atom stereocenters. The summed E-state index contributed by atoms with van der Waals surface area (Å²) in [6.45, 7) is 1.46. The van der Waals surface area contributed by atoms with Crippen LogP contribution in [-0.2, 0) is 11.2 Å². The highest BCUT2D eigenvalue weighted by Crippen LogP contribution is 2.28. The fraction of sp³-hybridized carbons (Fsp3) is 0.533. The highest BCUT2D eigenvalue weighted by atomic mass is 35.5. The van der Waals surface area contributed by atoms with E-state index in [9.17, 15) is 4.79 Å². The summed E-state index contributed by atoms with van der Waals surface area (Å²) < 4.78 is 10.4. The normalized spacial score (nSPS) is 17.9. The summed E-state index contributed by atoms with van der Waals surface area (Å²) in [7, 11) is 3.19. The molecule has 1 aromatic rings. The summed E-state index contributed by atoms with van der Waals surface area (Å²) in [5.74, 6) is 1.43. The number of hydrogen-bond acceptors (Lipinski definition) is 4. The molecule has 0 spiro atoms. The van der Waals surface area contributed by atoms with E-state index in [2.05, 4.69) is 0 Å². The first-order chi connectivity index (χ1) is 9.63. The van der Waals surface area contributed by atoms with Gasteiger partial charge in [0, 0.05) is 19.1 Å². The van der Waals surface area contributed by atoms with E-state index in [0.29, 0.717) is 24.5 Å². The predicted molar refractivity (Wildman–Crippen MR) is 84.3 cm³/mol. The summed E-state index contributed by atoms with van der Waals surface area (Å²) in [6, 6.07) is 5.67. The monoisotopic (exact) mass is 314 g/mol. The molecule has 5 nitrogen and oxygen atoms in total. The third kappa shape index (κ3) is 4.51. The van der Waals surface area contributed by atoms with Gasteiger partial charge < -0.3 is 20.1 Å². The molecule has 1 aliphatic heterocycles. The van der Waals surface area contributed by atoms with Crippen molar-refractivity contribution in [2.24, 2.45) is 5.73 Å². The number of rotatable bonds is 4. The minimum atomic E-state index is 0. The van der Waals surface area contributed by atoms with E-state index in [1.54, 1.807) is 14.2 Å². The van der Waals surface area contributed by atoms with Crippen molar-refractivity contribution in [3.05, 3.63) is 23.8 Å². The van der Waals surface area contributed by atoms with E-state index >= 15 is 0 Å². The summed E-state index contributed by atoms with van der Waals surface area (Å²) in [5.41, 5.74) is 6.83. The Labute approximate surface area is 131 Å². The topological polar surface area (TPSA) is 64.8 Å². The second-order valence-corrected chi connectivity index (χ2v) is 5.11. The number of amides is 1. The van der Waals surface area contributed by atoms with Gasteiger partial charge in [0.05, 0.1) is 20.6 Å². The summed E-state index contributed by atoms with van der Waals surface area (Å²) in [4.78, 5) is 14.1. The number of methoxy groups -OCH3 is 2. The molecule has 118 valence electrons. The van der Waals surface area contributed by atoms with Crippen LogP contribution in [0.25, 0.3) is 0 Å². The molecule has 2 N–H and O–H groups in total. The Morgan fingerprint density at radius 1 is 1.33 bits per heavy atom. The van der Waals surface area contributed by atoms with Crippen molar-refractivity contribution in [1.29, 1.82) is 0 Å². The number of nitrogens with two attached hydrogens (primary N) is 1. The molecule has 1 atom stereocenters. The van der Waals surface area contributed by atoms with Gasteiger partial charge in [0.25, 0.3) is 0 Å². The number of nitrogens with zero attached hydrogens (tertiary/aromatic N) is 1. The van der Waals surface area contributed by atoms with Crippen LogP contribution in [0, 0.1) is 0 Å². The van der Waals surface area contributed by atoms with E-state index < -0.39 is 0 Å². The van der Waals surface area contributed by atoms with Gasteiger partial charge in [-0.15, -0.1) is 12.4 Å². The van der Waals surface area contributed by atoms with E-state index in [4.69, 9.17) is 15.2 Å². The first-order valence-corrected chi connectivity index (χ1v) is 6.88. The van der Waals surface area contributed by atoms with Crippen LogP contribution < -0.4 is 15.2 Å². The van der Waals surface area contributed by atoms with Gasteiger partial charge in [-0.25, -0.2) is 0 Å². The quantitative estimate of drug-likeness (QED) is 0.917. The van der Waals surface area contributed by atoms with Crippen LogP contribution in [0.1, 0.15) is 18.4 Å². The summed E-state index contributed by atoms with van der Waals surface area (Å²) >= 11 is 0. The maximum atomic E-state index is 12.3. The van der Waals surface area contributed by atoms with Gasteiger partial charge in [-0.1, -0.05) is 6.07 Å². The van der Waals surface area contributed by atoms with Crippen molar-refractivity contribution < 1.29 is 14.3 Å². The van der Waals surface area contributed by atoms with E-state index in [1.807, 2.05) is 23.1 Å². The molecule has 2 rings (SSSR count). The average molecular weight is 315 g/mol. The number of likely N-dealkylation sites (tertiary alicyclic amines) is 1. The lowest BCUT2D eigenvalue weighted by molar-refractivity contribution is -0.131. The lowest BCUT2D eigenvalue weighted by Gasteiger charge is -2.30. The van der Waals surface area contributed by atoms with Gasteiger partial charge in [0.1, 0.15) is 0 Å². The molecule has 0 aromatic heterocycles. The van der Waals surface area contributed by atoms with Crippen LogP contribution in [0.4, 0.5) is 0 Å². The number of carbonyl (C=O) groups is 1. The Morgan fingerprint density at radius 2 is 2.05 bits per heavy atom.